The predicted molar refractivity (Wildman–Crippen MR) is 202 cm³/mol. The van der Waals surface area contributed by atoms with Gasteiger partial charge in [0.2, 0.25) is 0 Å². The molecule has 4 heteroatoms. The fourth-order valence-corrected chi connectivity index (χ4v) is 5.24. The highest BCUT2D eigenvalue weighted by molar-refractivity contribution is 5.66. The van der Waals surface area contributed by atoms with Crippen LogP contribution in [-0.4, -0.2) is 22.2 Å². The third kappa shape index (κ3) is 48.8. The Morgan fingerprint density at radius 1 is 0.348 bits per heavy atom. The van der Waals surface area contributed by atoms with Gasteiger partial charge in [0, 0.05) is 12.8 Å². The van der Waals surface area contributed by atoms with Crippen LogP contribution in [0.25, 0.3) is 0 Å². The number of carboxylic acid groups (broad SMARTS) is 2. The van der Waals surface area contributed by atoms with Crippen LogP contribution in [0.15, 0.2) is 48.6 Å². The van der Waals surface area contributed by atoms with Crippen molar-refractivity contribution in [3.8, 4) is 0 Å². The van der Waals surface area contributed by atoms with Crippen molar-refractivity contribution in [3.05, 3.63) is 48.6 Å². The summed E-state index contributed by atoms with van der Waals surface area (Å²) < 4.78 is 0. The van der Waals surface area contributed by atoms with E-state index in [1.54, 1.807) is 0 Å². The van der Waals surface area contributed by atoms with Crippen LogP contribution in [0.5, 0.6) is 0 Å². The first kappa shape index (κ1) is 46.0. The van der Waals surface area contributed by atoms with Gasteiger partial charge < -0.3 is 10.2 Å². The van der Waals surface area contributed by atoms with Gasteiger partial charge in [0.05, 0.1) is 0 Å². The molecular formula is C42H76O4. The van der Waals surface area contributed by atoms with Crippen molar-refractivity contribution in [1.82, 2.24) is 0 Å². The number of carbonyl (C=O) groups is 2. The van der Waals surface area contributed by atoms with Crippen molar-refractivity contribution in [2.24, 2.45) is 0 Å². The molecule has 268 valence electrons. The third-order valence-corrected chi connectivity index (χ3v) is 8.18. The van der Waals surface area contributed by atoms with Gasteiger partial charge in [0.25, 0.3) is 0 Å². The number of hydrogen-bond acceptors (Lipinski definition) is 2. The first-order valence-corrected chi connectivity index (χ1v) is 19.6. The zero-order chi connectivity index (χ0) is 34.0. The van der Waals surface area contributed by atoms with Crippen LogP contribution in [0.3, 0.4) is 0 Å². The second-order valence-electron chi connectivity index (χ2n) is 12.9. The Morgan fingerprint density at radius 2 is 0.587 bits per heavy atom. The van der Waals surface area contributed by atoms with Crippen molar-refractivity contribution < 1.29 is 19.8 Å². The zero-order valence-electron chi connectivity index (χ0n) is 30.5. The molecule has 0 radical (unpaired) electrons. The molecule has 0 amide bonds. The molecule has 0 rings (SSSR count). The molecule has 4 nitrogen and oxygen atoms in total. The molecule has 0 unspecified atom stereocenters. The van der Waals surface area contributed by atoms with E-state index in [0.717, 1.165) is 38.5 Å². The molecule has 0 heterocycles. The number of rotatable bonds is 34. The number of hydrogen-bond donors (Lipinski definition) is 2. The highest BCUT2D eigenvalue weighted by Gasteiger charge is 1.97. The van der Waals surface area contributed by atoms with Crippen LogP contribution in [0.4, 0.5) is 0 Å². The molecule has 2 N–H and O–H groups in total. The highest BCUT2D eigenvalue weighted by atomic mass is 16.4. The summed E-state index contributed by atoms with van der Waals surface area (Å²) in [6.45, 7) is 4.49. The molecule has 0 bridgehead atoms. The molecule has 0 spiro atoms. The third-order valence-electron chi connectivity index (χ3n) is 8.18. The van der Waals surface area contributed by atoms with Crippen molar-refractivity contribution in [2.45, 2.75) is 206 Å². The van der Waals surface area contributed by atoms with E-state index in [0.29, 0.717) is 12.8 Å². The summed E-state index contributed by atoms with van der Waals surface area (Å²) >= 11 is 0. The minimum atomic E-state index is -0.664. The van der Waals surface area contributed by atoms with Gasteiger partial charge in [-0.1, -0.05) is 165 Å². The maximum atomic E-state index is 10.4. The van der Waals surface area contributed by atoms with E-state index >= 15 is 0 Å². The molecule has 0 saturated heterocycles. The van der Waals surface area contributed by atoms with Crippen molar-refractivity contribution in [1.29, 1.82) is 0 Å². The summed E-state index contributed by atoms with van der Waals surface area (Å²) in [5.74, 6) is -1.32. The monoisotopic (exact) mass is 645 g/mol. The Balaban J connectivity index is 0. The van der Waals surface area contributed by atoms with Crippen LogP contribution in [-0.2, 0) is 9.59 Å². The lowest BCUT2D eigenvalue weighted by Gasteiger charge is -2.01. The van der Waals surface area contributed by atoms with E-state index in [1.807, 2.05) is 0 Å². The summed E-state index contributed by atoms with van der Waals surface area (Å²) in [4.78, 5) is 20.7. The quantitative estimate of drug-likeness (QED) is 0.0540. The molecule has 0 atom stereocenters. The average Bonchev–Trinajstić information content (AvgIpc) is 3.03. The molecular weight excluding hydrogens is 568 g/mol. The molecule has 0 fully saturated rings. The molecule has 0 aliphatic rings. The first-order valence-electron chi connectivity index (χ1n) is 19.6. The van der Waals surface area contributed by atoms with Gasteiger partial charge in [0.1, 0.15) is 0 Å². The largest absolute Gasteiger partial charge is 0.481 e. The number of aliphatic carboxylic acids is 2. The lowest BCUT2D eigenvalue weighted by molar-refractivity contribution is -0.138. The maximum absolute atomic E-state index is 10.4. The van der Waals surface area contributed by atoms with E-state index in [4.69, 9.17) is 10.2 Å². The standard InChI is InChI=1S/C22H40O2.C20H36O2/c1-2-3-4-5-6-7-8-9-10-11-12-13-14-15-16-17-18-19-20-21-22(23)24;1-2-3-4-5-6-7-8-9-10-11-12-13-14-15-16-17-18-19-20(21)22/h6-7,9-10H,2-5,8,11-21H2,1H3,(H,23,24);6-7,9-10H,2-5,8,11-19H2,1H3,(H,21,22). The molecule has 0 aliphatic heterocycles. The van der Waals surface area contributed by atoms with Gasteiger partial charge in [0.15, 0.2) is 0 Å². The topological polar surface area (TPSA) is 74.6 Å². The Morgan fingerprint density at radius 3 is 0.848 bits per heavy atom. The Hall–Kier alpha value is -2.10. The normalized spacial score (nSPS) is 11.7. The van der Waals surface area contributed by atoms with Crippen molar-refractivity contribution >= 4 is 11.9 Å². The van der Waals surface area contributed by atoms with E-state index in [2.05, 4.69) is 62.5 Å². The lowest BCUT2D eigenvalue weighted by Crippen LogP contribution is -1.93. The zero-order valence-corrected chi connectivity index (χ0v) is 30.5. The smallest absolute Gasteiger partial charge is 0.303 e. The van der Waals surface area contributed by atoms with Gasteiger partial charge >= 0.3 is 11.9 Å². The van der Waals surface area contributed by atoms with Gasteiger partial charge in [-0.3, -0.25) is 9.59 Å². The Bertz CT molecular complexity index is 734. The van der Waals surface area contributed by atoms with Gasteiger partial charge in [-0.05, 0) is 77.0 Å². The molecule has 0 aromatic heterocycles. The molecule has 0 saturated carbocycles. The van der Waals surface area contributed by atoms with Crippen LogP contribution < -0.4 is 0 Å². The van der Waals surface area contributed by atoms with E-state index < -0.39 is 11.9 Å². The number of unbranched alkanes of at least 4 members (excludes halogenated alkanes) is 22. The number of carboxylic acids is 2. The first-order chi connectivity index (χ1) is 22.5. The van der Waals surface area contributed by atoms with Crippen LogP contribution >= 0.6 is 0 Å². The fraction of sp³-hybridized carbons (Fsp3) is 0.762. The Labute approximate surface area is 286 Å². The van der Waals surface area contributed by atoms with Crippen LogP contribution in [0.2, 0.25) is 0 Å². The van der Waals surface area contributed by atoms with Crippen molar-refractivity contribution in [3.63, 3.8) is 0 Å². The van der Waals surface area contributed by atoms with Gasteiger partial charge in [-0.2, -0.15) is 0 Å². The molecule has 0 aromatic rings. The second-order valence-corrected chi connectivity index (χ2v) is 12.9. The molecule has 0 aliphatic carbocycles. The van der Waals surface area contributed by atoms with E-state index in [9.17, 15) is 9.59 Å². The highest BCUT2D eigenvalue weighted by Crippen LogP contribution is 2.12. The van der Waals surface area contributed by atoms with Crippen LogP contribution in [0, 0.1) is 0 Å². The predicted octanol–water partition coefficient (Wildman–Crippen LogP) is 14.1. The van der Waals surface area contributed by atoms with Gasteiger partial charge in [-0.25, -0.2) is 0 Å². The minimum Gasteiger partial charge on any atom is -0.481 e. The minimum absolute atomic E-state index is 0.331. The summed E-state index contributed by atoms with van der Waals surface area (Å²) in [5.41, 5.74) is 0. The molecule has 46 heavy (non-hydrogen) atoms. The average molecular weight is 645 g/mol. The Kier molecular flexibility index (Phi) is 42.9. The number of allylic oxidation sites excluding steroid dienone is 8. The fourth-order valence-electron chi connectivity index (χ4n) is 5.24. The summed E-state index contributed by atoms with van der Waals surface area (Å²) in [6.07, 6.45) is 53.4. The summed E-state index contributed by atoms with van der Waals surface area (Å²) in [7, 11) is 0. The van der Waals surface area contributed by atoms with Crippen LogP contribution in [0.1, 0.15) is 206 Å². The summed E-state index contributed by atoms with van der Waals surface area (Å²) in [6, 6.07) is 0. The molecule has 0 aromatic carbocycles. The van der Waals surface area contributed by atoms with E-state index in [1.165, 1.54) is 141 Å². The summed E-state index contributed by atoms with van der Waals surface area (Å²) in [5, 5.41) is 17.1. The second kappa shape index (κ2) is 42.9. The van der Waals surface area contributed by atoms with Crippen molar-refractivity contribution in [2.75, 3.05) is 0 Å². The lowest BCUT2D eigenvalue weighted by atomic mass is 10.1. The maximum Gasteiger partial charge on any atom is 0.303 e. The SMILES string of the molecule is CCCCCC=CCC=CCCCCCCCCCC(=O)O.CCCCCC=CCC=CCCCCCCCCCCCC(=O)O. The van der Waals surface area contributed by atoms with E-state index in [-0.39, 0.29) is 0 Å². The van der Waals surface area contributed by atoms with Gasteiger partial charge in [-0.15, -0.1) is 0 Å².